The number of unbranched alkanes of at least 4 members (excludes halogenated alkanes) is 3. The third-order valence-corrected chi connectivity index (χ3v) is 6.81. The van der Waals surface area contributed by atoms with Gasteiger partial charge in [-0.15, -0.1) is 5.10 Å². The molecular weight excluding hydrogens is 603 g/mol. The molecule has 2 heterocycles. The van der Waals surface area contributed by atoms with Gasteiger partial charge in [-0.3, -0.25) is 4.68 Å². The third-order valence-electron chi connectivity index (χ3n) is 6.81. The molecule has 8 nitrogen and oxygen atoms in total. The van der Waals surface area contributed by atoms with Gasteiger partial charge in [-0.2, -0.15) is 4.57 Å². The van der Waals surface area contributed by atoms with Crippen LogP contribution >= 0.6 is 0 Å². The van der Waals surface area contributed by atoms with E-state index < -0.39 is 0 Å². The highest BCUT2D eigenvalue weighted by Gasteiger charge is 2.23. The molecular formula is C30H35IN6O2. The van der Waals surface area contributed by atoms with E-state index in [-0.39, 0.29) is 30.6 Å². The second kappa shape index (κ2) is 13.7. The van der Waals surface area contributed by atoms with Crippen LogP contribution in [0.3, 0.4) is 0 Å². The van der Waals surface area contributed by atoms with E-state index in [2.05, 4.69) is 63.4 Å². The summed E-state index contributed by atoms with van der Waals surface area (Å²) in [5.74, 6) is 0. The zero-order valence-corrected chi connectivity index (χ0v) is 24.1. The molecule has 5 rings (SSSR count). The molecule has 0 spiro atoms. The largest absolute Gasteiger partial charge is 1.00 e. The minimum Gasteiger partial charge on any atom is -1.00 e. The van der Waals surface area contributed by atoms with Crippen molar-refractivity contribution < 1.29 is 38.4 Å². The number of anilines is 2. The van der Waals surface area contributed by atoms with E-state index in [0.29, 0.717) is 13.2 Å². The highest BCUT2D eigenvalue weighted by molar-refractivity contribution is 6.10. The summed E-state index contributed by atoms with van der Waals surface area (Å²) in [5.41, 5.74) is 18.3. The second-order valence-electron chi connectivity index (χ2n) is 9.61. The molecule has 0 aliphatic heterocycles. The molecule has 0 saturated carbocycles. The maximum absolute atomic E-state index is 8.83. The average molecular weight is 639 g/mol. The Hall–Kier alpha value is -3.28. The van der Waals surface area contributed by atoms with Gasteiger partial charge in [0, 0.05) is 41.4 Å². The Bertz CT molecular complexity index is 1520. The number of fused-ring (bicyclic) bond motifs is 3. The van der Waals surface area contributed by atoms with Crippen molar-refractivity contribution in [3.63, 3.8) is 0 Å². The number of ether oxygens (including phenoxy) is 1. The van der Waals surface area contributed by atoms with Crippen molar-refractivity contribution in [1.29, 1.82) is 0 Å². The lowest BCUT2D eigenvalue weighted by atomic mass is 9.98. The number of nitrogens with two attached hydrogens (primary N) is 2. The Morgan fingerprint density at radius 2 is 1.59 bits per heavy atom. The summed E-state index contributed by atoms with van der Waals surface area (Å²) in [6.45, 7) is 2.39. The van der Waals surface area contributed by atoms with Crippen LogP contribution in [0.25, 0.3) is 32.9 Å². The highest BCUT2D eigenvalue weighted by Crippen LogP contribution is 2.33. The fourth-order valence-electron chi connectivity index (χ4n) is 5.05. The maximum Gasteiger partial charge on any atom is 0.220 e. The van der Waals surface area contributed by atoms with E-state index in [1.807, 2.05) is 29.1 Å². The van der Waals surface area contributed by atoms with E-state index in [4.69, 9.17) is 21.3 Å². The molecule has 0 radical (unpaired) electrons. The number of aliphatic hydroxyl groups excluding tert-OH is 1. The van der Waals surface area contributed by atoms with Crippen LogP contribution in [-0.2, 0) is 24.4 Å². The topological polar surface area (TPSA) is 116 Å². The number of hydrogen-bond donors (Lipinski definition) is 3. The number of aryl methyl sites for hydroxylation is 2. The molecule has 2 aromatic heterocycles. The summed E-state index contributed by atoms with van der Waals surface area (Å²) in [5, 5.41) is 20.6. The fourth-order valence-corrected chi connectivity index (χ4v) is 5.05. The Balaban J connectivity index is 0.00000353. The van der Waals surface area contributed by atoms with Crippen LogP contribution in [0.2, 0.25) is 0 Å². The lowest BCUT2D eigenvalue weighted by Crippen LogP contribution is -3.00. The molecule has 9 heteroatoms. The molecule has 5 N–H and O–H groups in total. The molecule has 0 unspecified atom stereocenters. The van der Waals surface area contributed by atoms with Crippen LogP contribution in [0.15, 0.2) is 72.9 Å². The standard InChI is InChI=1S/C30H34N6O2.HI/c31-23-10-12-26-27-13-11-24(32)19-29(27)36(30(28(26)18-23)22-8-4-3-5-9-22)15-7-2-1-6-14-35-20-25(33-34-35)21-38-17-16-37;/h3-5,8-13,18-20,32,37H,1-2,6-7,14-17,21,31H2;1H. The van der Waals surface area contributed by atoms with Crippen molar-refractivity contribution in [2.45, 2.75) is 45.4 Å². The Morgan fingerprint density at radius 3 is 2.38 bits per heavy atom. The van der Waals surface area contributed by atoms with Crippen LogP contribution in [0.4, 0.5) is 11.4 Å². The first-order valence-corrected chi connectivity index (χ1v) is 13.2. The Kier molecular flexibility index (Phi) is 10.1. The van der Waals surface area contributed by atoms with Crippen LogP contribution in [0, 0.1) is 0 Å². The van der Waals surface area contributed by atoms with Gasteiger partial charge in [-0.1, -0.05) is 35.9 Å². The fraction of sp³-hybridized carbons (Fsp3) is 0.300. The van der Waals surface area contributed by atoms with Crippen molar-refractivity contribution in [2.24, 2.45) is 0 Å². The number of pyridine rings is 1. The van der Waals surface area contributed by atoms with Gasteiger partial charge in [-0.25, -0.2) is 0 Å². The lowest BCUT2D eigenvalue weighted by Gasteiger charge is -2.13. The van der Waals surface area contributed by atoms with Gasteiger partial charge in [0.15, 0.2) is 0 Å². The zero-order valence-electron chi connectivity index (χ0n) is 22.0. The number of nitrogen functional groups attached to an aromatic ring is 2. The minimum atomic E-state index is 0. The van der Waals surface area contributed by atoms with Crippen LogP contribution < -0.4 is 40.0 Å². The summed E-state index contributed by atoms with van der Waals surface area (Å²) in [6.07, 6.45) is 6.17. The molecule has 39 heavy (non-hydrogen) atoms. The van der Waals surface area contributed by atoms with E-state index in [0.717, 1.165) is 72.3 Å². The van der Waals surface area contributed by atoms with Crippen LogP contribution in [-0.4, -0.2) is 33.3 Å². The van der Waals surface area contributed by atoms with Crippen molar-refractivity contribution >= 4 is 33.1 Å². The quantitative estimate of drug-likeness (QED) is 0.0628. The highest BCUT2D eigenvalue weighted by atomic mass is 127. The maximum atomic E-state index is 8.83. The summed E-state index contributed by atoms with van der Waals surface area (Å²) >= 11 is 0. The molecule has 5 aromatic rings. The number of hydrogen-bond acceptors (Lipinski definition) is 6. The molecule has 0 fully saturated rings. The summed E-state index contributed by atoms with van der Waals surface area (Å²) in [4.78, 5) is 0. The number of rotatable bonds is 12. The molecule has 204 valence electrons. The first-order valence-electron chi connectivity index (χ1n) is 13.2. The van der Waals surface area contributed by atoms with Gasteiger partial charge in [0.2, 0.25) is 11.2 Å². The average Bonchev–Trinajstić information content (AvgIpc) is 3.38. The summed E-state index contributed by atoms with van der Waals surface area (Å²) < 4.78 is 9.59. The number of nitrogens with zero attached hydrogens (tertiary/aromatic N) is 4. The first-order chi connectivity index (χ1) is 18.6. The Morgan fingerprint density at radius 1 is 0.846 bits per heavy atom. The van der Waals surface area contributed by atoms with Gasteiger partial charge < -0.3 is 45.3 Å². The SMILES string of the molecule is Nc1ccc2c(c1)c(-c1ccccc1)[n+](CCCCCCn1cc(COCCO)nn1)c1cc(N)ccc21.[I-]. The summed E-state index contributed by atoms with van der Waals surface area (Å²) in [7, 11) is 0. The van der Waals surface area contributed by atoms with Crippen molar-refractivity contribution in [2.75, 3.05) is 24.7 Å². The van der Waals surface area contributed by atoms with Crippen molar-refractivity contribution in [1.82, 2.24) is 15.0 Å². The minimum absolute atomic E-state index is 0. The first kappa shape index (κ1) is 28.7. The van der Waals surface area contributed by atoms with Gasteiger partial charge in [0.25, 0.3) is 0 Å². The van der Waals surface area contributed by atoms with Gasteiger partial charge >= 0.3 is 0 Å². The van der Waals surface area contributed by atoms with Gasteiger partial charge in [0.1, 0.15) is 12.2 Å². The normalized spacial score (nSPS) is 11.2. The van der Waals surface area contributed by atoms with E-state index in [1.165, 1.54) is 16.5 Å². The van der Waals surface area contributed by atoms with Crippen molar-refractivity contribution in [3.05, 3.63) is 78.6 Å². The van der Waals surface area contributed by atoms with E-state index >= 15 is 0 Å². The molecule has 0 aliphatic carbocycles. The molecule has 3 aromatic carbocycles. The molecule has 0 atom stereocenters. The number of aliphatic hydroxyl groups is 1. The number of aromatic nitrogens is 4. The van der Waals surface area contributed by atoms with Crippen LogP contribution in [0.5, 0.6) is 0 Å². The second-order valence-corrected chi connectivity index (χ2v) is 9.61. The smallest absolute Gasteiger partial charge is 0.220 e. The predicted octanol–water partition coefficient (Wildman–Crippen LogP) is 1.48. The lowest BCUT2D eigenvalue weighted by molar-refractivity contribution is -0.659. The number of halogens is 1. The molecule has 0 bridgehead atoms. The predicted molar refractivity (Wildman–Crippen MR) is 151 cm³/mol. The summed E-state index contributed by atoms with van der Waals surface area (Å²) in [6, 6.07) is 22.9. The monoisotopic (exact) mass is 638 g/mol. The van der Waals surface area contributed by atoms with Gasteiger partial charge in [0.05, 0.1) is 36.8 Å². The zero-order chi connectivity index (χ0) is 26.3. The molecule has 0 aliphatic rings. The third kappa shape index (κ3) is 6.84. The Labute approximate surface area is 245 Å². The van der Waals surface area contributed by atoms with Crippen molar-refractivity contribution in [3.8, 4) is 11.3 Å². The molecule has 0 saturated heterocycles. The molecule has 0 amide bonds. The van der Waals surface area contributed by atoms with Crippen LogP contribution in [0.1, 0.15) is 31.4 Å². The van der Waals surface area contributed by atoms with Gasteiger partial charge in [-0.05, 0) is 49.2 Å². The van der Waals surface area contributed by atoms with E-state index in [1.54, 1.807) is 0 Å². The number of benzene rings is 3. The van der Waals surface area contributed by atoms with E-state index in [9.17, 15) is 0 Å².